The van der Waals surface area contributed by atoms with Gasteiger partial charge in [-0.15, -0.1) is 0 Å². The lowest BCUT2D eigenvalue weighted by Gasteiger charge is -2.39. The summed E-state index contributed by atoms with van der Waals surface area (Å²) in [5, 5.41) is 3.34. The van der Waals surface area contributed by atoms with Gasteiger partial charge in [-0.3, -0.25) is 4.79 Å². The van der Waals surface area contributed by atoms with Crippen molar-refractivity contribution in [2.45, 2.75) is 47.0 Å². The second kappa shape index (κ2) is 5.28. The van der Waals surface area contributed by atoms with Crippen molar-refractivity contribution < 1.29 is 4.79 Å². The molecule has 0 bridgehead atoms. The third-order valence-electron chi connectivity index (χ3n) is 4.68. The molecule has 0 aromatic rings. The van der Waals surface area contributed by atoms with Crippen molar-refractivity contribution in [2.75, 3.05) is 26.2 Å². The molecule has 0 aromatic heterocycles. The molecule has 1 N–H and O–H groups in total. The lowest BCUT2D eigenvalue weighted by molar-refractivity contribution is -0.142. The summed E-state index contributed by atoms with van der Waals surface area (Å²) in [6.07, 6.45) is 5.24. The van der Waals surface area contributed by atoms with E-state index in [0.717, 1.165) is 45.4 Å². The molecule has 0 radical (unpaired) electrons. The summed E-state index contributed by atoms with van der Waals surface area (Å²) in [6, 6.07) is 0. The summed E-state index contributed by atoms with van der Waals surface area (Å²) in [5.41, 5.74) is 1.60. The summed E-state index contributed by atoms with van der Waals surface area (Å²) < 4.78 is 0. The monoisotopic (exact) mass is 264 g/mol. The fraction of sp³-hybridized carbons (Fsp3) is 0.812. The number of rotatable bonds is 1. The molecule has 0 aromatic carbocycles. The molecule has 0 saturated carbocycles. The summed E-state index contributed by atoms with van der Waals surface area (Å²) in [5.74, 6) is 0.359. The van der Waals surface area contributed by atoms with Gasteiger partial charge < -0.3 is 10.2 Å². The predicted octanol–water partition coefficient (Wildman–Crippen LogP) is 2.58. The van der Waals surface area contributed by atoms with Crippen LogP contribution in [0.3, 0.4) is 0 Å². The number of hydrogen-bond acceptors (Lipinski definition) is 2. The van der Waals surface area contributed by atoms with Crippen LogP contribution in [0.1, 0.15) is 47.0 Å². The Morgan fingerprint density at radius 2 is 1.95 bits per heavy atom. The van der Waals surface area contributed by atoms with Crippen LogP contribution in [0.15, 0.2) is 11.6 Å². The highest BCUT2D eigenvalue weighted by Crippen LogP contribution is 2.34. The molecule has 0 aliphatic carbocycles. The van der Waals surface area contributed by atoms with E-state index < -0.39 is 0 Å². The van der Waals surface area contributed by atoms with Crippen LogP contribution < -0.4 is 5.32 Å². The molecule has 2 aliphatic rings. The standard InChI is InChI=1S/C16H28N2O/c1-15(2,3)13-5-11-18(12-6-13)14(19)16(4)7-9-17-10-8-16/h5,17H,6-12H2,1-4H3. The second-order valence-electron chi connectivity index (χ2n) is 7.29. The van der Waals surface area contributed by atoms with Crippen LogP contribution in [0, 0.1) is 10.8 Å². The molecular formula is C16H28N2O. The lowest BCUT2D eigenvalue weighted by Crippen LogP contribution is -2.49. The largest absolute Gasteiger partial charge is 0.338 e. The quantitative estimate of drug-likeness (QED) is 0.738. The van der Waals surface area contributed by atoms with Gasteiger partial charge in [0.1, 0.15) is 0 Å². The summed E-state index contributed by atoms with van der Waals surface area (Å²) in [7, 11) is 0. The first-order valence-corrected chi connectivity index (χ1v) is 7.52. The lowest BCUT2D eigenvalue weighted by atomic mass is 9.78. The highest BCUT2D eigenvalue weighted by Gasteiger charge is 2.38. The van der Waals surface area contributed by atoms with E-state index in [1.54, 1.807) is 0 Å². The van der Waals surface area contributed by atoms with Crippen molar-refractivity contribution in [1.29, 1.82) is 0 Å². The van der Waals surface area contributed by atoms with Crippen molar-refractivity contribution >= 4 is 5.91 Å². The summed E-state index contributed by atoms with van der Waals surface area (Å²) >= 11 is 0. The first kappa shape index (κ1) is 14.6. The number of amides is 1. The van der Waals surface area contributed by atoms with E-state index in [9.17, 15) is 4.79 Å². The highest BCUT2D eigenvalue weighted by molar-refractivity contribution is 5.82. The molecule has 1 saturated heterocycles. The Morgan fingerprint density at radius 3 is 2.42 bits per heavy atom. The van der Waals surface area contributed by atoms with E-state index in [4.69, 9.17) is 0 Å². The maximum Gasteiger partial charge on any atom is 0.228 e. The fourth-order valence-electron chi connectivity index (χ4n) is 3.11. The van der Waals surface area contributed by atoms with Crippen molar-refractivity contribution in [2.24, 2.45) is 10.8 Å². The maximum absolute atomic E-state index is 12.7. The molecule has 108 valence electrons. The van der Waals surface area contributed by atoms with E-state index >= 15 is 0 Å². The Kier molecular flexibility index (Phi) is 4.05. The van der Waals surface area contributed by atoms with Crippen molar-refractivity contribution in [3.05, 3.63) is 11.6 Å². The maximum atomic E-state index is 12.7. The summed E-state index contributed by atoms with van der Waals surface area (Å²) in [4.78, 5) is 14.8. The Balaban J connectivity index is 2.01. The zero-order chi connectivity index (χ0) is 14.1. The number of nitrogens with one attached hydrogen (secondary N) is 1. The molecule has 0 spiro atoms. The number of carbonyl (C=O) groups excluding carboxylic acids is 1. The van der Waals surface area contributed by atoms with Gasteiger partial charge >= 0.3 is 0 Å². The molecule has 19 heavy (non-hydrogen) atoms. The van der Waals surface area contributed by atoms with Gasteiger partial charge in [-0.05, 0) is 37.8 Å². The van der Waals surface area contributed by atoms with Gasteiger partial charge in [-0.1, -0.05) is 39.3 Å². The van der Waals surface area contributed by atoms with Gasteiger partial charge in [0.25, 0.3) is 0 Å². The van der Waals surface area contributed by atoms with Crippen LogP contribution in [0.5, 0.6) is 0 Å². The third-order valence-corrected chi connectivity index (χ3v) is 4.68. The van der Waals surface area contributed by atoms with Crippen LogP contribution in [0.2, 0.25) is 0 Å². The van der Waals surface area contributed by atoms with Gasteiger partial charge in [0.15, 0.2) is 0 Å². The number of hydrogen-bond donors (Lipinski definition) is 1. The molecule has 2 heterocycles. The van der Waals surface area contributed by atoms with E-state index in [-0.39, 0.29) is 10.8 Å². The first-order valence-electron chi connectivity index (χ1n) is 7.52. The number of carbonyl (C=O) groups is 1. The van der Waals surface area contributed by atoms with Crippen LogP contribution >= 0.6 is 0 Å². The highest BCUT2D eigenvalue weighted by atomic mass is 16.2. The van der Waals surface area contributed by atoms with Crippen LogP contribution in [0.25, 0.3) is 0 Å². The third kappa shape index (κ3) is 3.19. The molecule has 1 amide bonds. The Hall–Kier alpha value is -0.830. The minimum Gasteiger partial charge on any atom is -0.338 e. The Morgan fingerprint density at radius 1 is 1.32 bits per heavy atom. The zero-order valence-electron chi connectivity index (χ0n) is 12.9. The van der Waals surface area contributed by atoms with E-state index in [0.29, 0.717) is 5.91 Å². The molecule has 2 aliphatic heterocycles. The average molecular weight is 264 g/mol. The van der Waals surface area contributed by atoms with E-state index in [1.807, 2.05) is 0 Å². The van der Waals surface area contributed by atoms with E-state index in [1.165, 1.54) is 5.57 Å². The van der Waals surface area contributed by atoms with E-state index in [2.05, 4.69) is 44.0 Å². The van der Waals surface area contributed by atoms with Gasteiger partial charge in [-0.2, -0.15) is 0 Å². The van der Waals surface area contributed by atoms with Gasteiger partial charge in [0.05, 0.1) is 0 Å². The van der Waals surface area contributed by atoms with Crippen molar-refractivity contribution in [3.8, 4) is 0 Å². The van der Waals surface area contributed by atoms with Crippen LogP contribution in [0.4, 0.5) is 0 Å². The van der Waals surface area contributed by atoms with Crippen LogP contribution in [-0.2, 0) is 4.79 Å². The normalized spacial score (nSPS) is 24.0. The SMILES string of the molecule is CC(C)(C)C1=CCN(C(=O)C2(C)CCNCC2)CC1. The van der Waals surface area contributed by atoms with Gasteiger partial charge in [0.2, 0.25) is 5.91 Å². The fourth-order valence-corrected chi connectivity index (χ4v) is 3.11. The Bertz CT molecular complexity index is 373. The summed E-state index contributed by atoms with van der Waals surface area (Å²) in [6.45, 7) is 12.5. The van der Waals surface area contributed by atoms with Gasteiger partial charge in [0, 0.05) is 18.5 Å². The average Bonchev–Trinajstić information content (AvgIpc) is 2.38. The van der Waals surface area contributed by atoms with Crippen molar-refractivity contribution in [1.82, 2.24) is 10.2 Å². The first-order chi connectivity index (χ1) is 8.83. The molecular weight excluding hydrogens is 236 g/mol. The topological polar surface area (TPSA) is 32.3 Å². The predicted molar refractivity (Wildman–Crippen MR) is 78.9 cm³/mol. The molecule has 3 nitrogen and oxygen atoms in total. The minimum absolute atomic E-state index is 0.141. The number of nitrogens with zero attached hydrogens (tertiary/aromatic N) is 1. The number of piperidine rings is 1. The molecule has 3 heteroatoms. The molecule has 0 unspecified atom stereocenters. The van der Waals surface area contributed by atoms with Crippen molar-refractivity contribution in [3.63, 3.8) is 0 Å². The smallest absolute Gasteiger partial charge is 0.228 e. The van der Waals surface area contributed by atoms with Crippen LogP contribution in [-0.4, -0.2) is 37.0 Å². The second-order valence-corrected chi connectivity index (χ2v) is 7.29. The minimum atomic E-state index is -0.141. The van der Waals surface area contributed by atoms with Gasteiger partial charge in [-0.25, -0.2) is 0 Å². The zero-order valence-corrected chi connectivity index (χ0v) is 12.9. The Labute approximate surface area is 117 Å². The molecule has 2 rings (SSSR count). The molecule has 0 atom stereocenters. The molecule has 1 fully saturated rings.